The van der Waals surface area contributed by atoms with Gasteiger partial charge in [-0.25, -0.2) is 4.98 Å². The summed E-state index contributed by atoms with van der Waals surface area (Å²) >= 11 is 5.96. The van der Waals surface area contributed by atoms with E-state index in [1.54, 1.807) is 13.1 Å². The molecule has 0 aliphatic heterocycles. The van der Waals surface area contributed by atoms with Crippen LogP contribution in [0.15, 0.2) is 12.3 Å². The van der Waals surface area contributed by atoms with Gasteiger partial charge in [-0.2, -0.15) is 0 Å². The number of ether oxygens (including phenoxy) is 1. The molecule has 1 aromatic heterocycles. The third-order valence-corrected chi connectivity index (χ3v) is 3.24. The van der Waals surface area contributed by atoms with Crippen molar-refractivity contribution in [3.8, 4) is 0 Å². The van der Waals surface area contributed by atoms with E-state index < -0.39 is 0 Å². The third-order valence-electron chi connectivity index (χ3n) is 2.94. The number of aromatic nitrogens is 1. The van der Waals surface area contributed by atoms with E-state index in [4.69, 9.17) is 16.3 Å². The molecule has 1 fully saturated rings. The molecule has 0 spiro atoms. The van der Waals surface area contributed by atoms with Crippen LogP contribution in [0.4, 0.5) is 5.82 Å². The number of rotatable bonds is 7. The van der Waals surface area contributed by atoms with Crippen LogP contribution in [0, 0.1) is 5.92 Å². The SMILES string of the molecule is CNc1cc(C(=O)NCCOCC2CC2)c(Cl)cn1. The van der Waals surface area contributed by atoms with Crippen molar-refractivity contribution in [3.05, 3.63) is 22.8 Å². The fraction of sp³-hybridized carbons (Fsp3) is 0.538. The highest BCUT2D eigenvalue weighted by atomic mass is 35.5. The van der Waals surface area contributed by atoms with E-state index in [2.05, 4.69) is 15.6 Å². The van der Waals surface area contributed by atoms with Crippen LogP contribution in [-0.2, 0) is 4.74 Å². The molecule has 1 amide bonds. The van der Waals surface area contributed by atoms with Gasteiger partial charge in [0.25, 0.3) is 5.91 Å². The standard InChI is InChI=1S/C13H18ClN3O2/c1-15-12-6-10(11(14)7-17-12)13(18)16-4-5-19-8-9-2-3-9/h6-7,9H,2-5,8H2,1H3,(H,15,17)(H,16,18). The lowest BCUT2D eigenvalue weighted by Gasteiger charge is -2.08. The summed E-state index contributed by atoms with van der Waals surface area (Å²) in [6, 6.07) is 1.63. The predicted octanol–water partition coefficient (Wildman–Crippen LogP) is 1.93. The highest BCUT2D eigenvalue weighted by Crippen LogP contribution is 2.28. The van der Waals surface area contributed by atoms with Crippen LogP contribution in [0.1, 0.15) is 23.2 Å². The van der Waals surface area contributed by atoms with Gasteiger partial charge in [0.2, 0.25) is 0 Å². The number of halogens is 1. The van der Waals surface area contributed by atoms with Crippen LogP contribution >= 0.6 is 11.6 Å². The maximum absolute atomic E-state index is 11.9. The van der Waals surface area contributed by atoms with E-state index >= 15 is 0 Å². The van der Waals surface area contributed by atoms with Crippen LogP contribution in [0.3, 0.4) is 0 Å². The van der Waals surface area contributed by atoms with Gasteiger partial charge in [0, 0.05) is 26.4 Å². The van der Waals surface area contributed by atoms with Crippen LogP contribution in [0.25, 0.3) is 0 Å². The molecule has 2 rings (SSSR count). The zero-order valence-corrected chi connectivity index (χ0v) is 11.7. The fourth-order valence-corrected chi connectivity index (χ4v) is 1.81. The Morgan fingerprint density at radius 1 is 1.58 bits per heavy atom. The number of hydrogen-bond donors (Lipinski definition) is 2. The van der Waals surface area contributed by atoms with Crippen molar-refractivity contribution in [1.82, 2.24) is 10.3 Å². The molecule has 0 atom stereocenters. The molecule has 2 N–H and O–H groups in total. The molecule has 0 radical (unpaired) electrons. The van der Waals surface area contributed by atoms with Crippen molar-refractivity contribution in [2.24, 2.45) is 5.92 Å². The molecule has 19 heavy (non-hydrogen) atoms. The lowest BCUT2D eigenvalue weighted by molar-refractivity contribution is 0.0906. The van der Waals surface area contributed by atoms with Crippen LogP contribution in [0.5, 0.6) is 0 Å². The molecule has 1 aliphatic rings. The van der Waals surface area contributed by atoms with Crippen LogP contribution in [-0.4, -0.2) is 37.7 Å². The second-order valence-electron chi connectivity index (χ2n) is 4.57. The molecule has 104 valence electrons. The van der Waals surface area contributed by atoms with Gasteiger partial charge in [0.05, 0.1) is 17.2 Å². The minimum absolute atomic E-state index is 0.209. The Kier molecular flexibility index (Phi) is 4.99. The second kappa shape index (κ2) is 6.73. The zero-order chi connectivity index (χ0) is 13.7. The number of carbonyl (C=O) groups is 1. The van der Waals surface area contributed by atoms with E-state index in [1.165, 1.54) is 19.0 Å². The summed E-state index contributed by atoms with van der Waals surface area (Å²) in [5.74, 6) is 1.14. The molecule has 1 aliphatic carbocycles. The van der Waals surface area contributed by atoms with E-state index in [0.29, 0.717) is 29.6 Å². The summed E-state index contributed by atoms with van der Waals surface area (Å²) in [6.07, 6.45) is 4.00. The molecule has 0 aromatic carbocycles. The summed E-state index contributed by atoms with van der Waals surface area (Å²) < 4.78 is 5.45. The smallest absolute Gasteiger partial charge is 0.253 e. The first-order chi connectivity index (χ1) is 9.20. The van der Waals surface area contributed by atoms with Gasteiger partial charge in [0.15, 0.2) is 0 Å². The Hall–Kier alpha value is -1.33. The minimum atomic E-state index is -0.209. The van der Waals surface area contributed by atoms with Crippen molar-refractivity contribution in [2.75, 3.05) is 32.1 Å². The summed E-state index contributed by atoms with van der Waals surface area (Å²) in [4.78, 5) is 16.0. The quantitative estimate of drug-likeness (QED) is 0.751. The second-order valence-corrected chi connectivity index (χ2v) is 4.98. The Balaban J connectivity index is 1.77. The van der Waals surface area contributed by atoms with Crippen molar-refractivity contribution in [1.29, 1.82) is 0 Å². The molecule has 0 unspecified atom stereocenters. The predicted molar refractivity (Wildman–Crippen MR) is 74.7 cm³/mol. The summed E-state index contributed by atoms with van der Waals surface area (Å²) in [5.41, 5.74) is 0.420. The van der Waals surface area contributed by atoms with Gasteiger partial charge < -0.3 is 15.4 Å². The average molecular weight is 284 g/mol. The molecular weight excluding hydrogens is 266 g/mol. The van der Waals surface area contributed by atoms with Gasteiger partial charge in [-0.3, -0.25) is 4.79 Å². The number of amides is 1. The first-order valence-electron chi connectivity index (χ1n) is 6.40. The average Bonchev–Trinajstić information content (AvgIpc) is 3.23. The molecule has 1 heterocycles. The van der Waals surface area contributed by atoms with Crippen molar-refractivity contribution in [3.63, 3.8) is 0 Å². The maximum Gasteiger partial charge on any atom is 0.253 e. The lowest BCUT2D eigenvalue weighted by Crippen LogP contribution is -2.27. The first kappa shape index (κ1) is 14.1. The Bertz CT molecular complexity index is 450. The first-order valence-corrected chi connectivity index (χ1v) is 6.77. The van der Waals surface area contributed by atoms with E-state index in [-0.39, 0.29) is 5.91 Å². The molecule has 1 saturated carbocycles. The Morgan fingerprint density at radius 2 is 2.37 bits per heavy atom. The molecule has 0 saturated heterocycles. The van der Waals surface area contributed by atoms with Gasteiger partial charge >= 0.3 is 0 Å². The van der Waals surface area contributed by atoms with E-state index in [1.807, 2.05) is 0 Å². The number of nitrogens with one attached hydrogen (secondary N) is 2. The van der Waals surface area contributed by atoms with Crippen LogP contribution in [0.2, 0.25) is 5.02 Å². The fourth-order valence-electron chi connectivity index (χ4n) is 1.62. The third kappa shape index (κ3) is 4.36. The molecule has 5 nitrogen and oxygen atoms in total. The summed E-state index contributed by atoms with van der Waals surface area (Å²) in [6.45, 7) is 1.82. The number of nitrogens with zero attached hydrogens (tertiary/aromatic N) is 1. The topological polar surface area (TPSA) is 63.2 Å². The molecule has 1 aromatic rings. The van der Waals surface area contributed by atoms with Gasteiger partial charge in [-0.1, -0.05) is 11.6 Å². The van der Waals surface area contributed by atoms with Gasteiger partial charge in [-0.15, -0.1) is 0 Å². The normalized spacial score (nSPS) is 14.2. The highest BCUT2D eigenvalue weighted by molar-refractivity contribution is 6.33. The Labute approximate surface area is 117 Å². The van der Waals surface area contributed by atoms with Crippen LogP contribution < -0.4 is 10.6 Å². The molecule has 0 bridgehead atoms. The number of hydrogen-bond acceptors (Lipinski definition) is 4. The highest BCUT2D eigenvalue weighted by Gasteiger charge is 2.20. The van der Waals surface area contributed by atoms with Crippen molar-refractivity contribution < 1.29 is 9.53 Å². The molecular formula is C13H18ClN3O2. The summed E-state index contributed by atoms with van der Waals surface area (Å²) in [5, 5.41) is 6.00. The van der Waals surface area contributed by atoms with E-state index in [9.17, 15) is 4.79 Å². The Morgan fingerprint density at radius 3 is 3.05 bits per heavy atom. The maximum atomic E-state index is 11.9. The van der Waals surface area contributed by atoms with Gasteiger partial charge in [-0.05, 0) is 24.8 Å². The number of anilines is 1. The summed E-state index contributed by atoms with van der Waals surface area (Å²) in [7, 11) is 1.74. The van der Waals surface area contributed by atoms with Crippen molar-refractivity contribution >= 4 is 23.3 Å². The number of carbonyl (C=O) groups excluding carboxylic acids is 1. The van der Waals surface area contributed by atoms with Gasteiger partial charge in [0.1, 0.15) is 5.82 Å². The molecule has 6 heteroatoms. The van der Waals surface area contributed by atoms with E-state index in [0.717, 1.165) is 12.5 Å². The van der Waals surface area contributed by atoms with Crippen molar-refractivity contribution in [2.45, 2.75) is 12.8 Å². The minimum Gasteiger partial charge on any atom is -0.379 e. The monoisotopic (exact) mass is 283 g/mol. The number of pyridine rings is 1. The zero-order valence-electron chi connectivity index (χ0n) is 10.9. The largest absolute Gasteiger partial charge is 0.379 e. The lowest BCUT2D eigenvalue weighted by atomic mass is 10.2.